The minimum absolute atomic E-state index is 0.0538. The summed E-state index contributed by atoms with van der Waals surface area (Å²) in [6.07, 6.45) is 8.13. The zero-order valence-corrected chi connectivity index (χ0v) is 15.3. The van der Waals surface area contributed by atoms with Crippen molar-refractivity contribution < 1.29 is 9.53 Å². The second-order valence-electron chi connectivity index (χ2n) is 6.23. The van der Waals surface area contributed by atoms with Crippen molar-refractivity contribution in [3.63, 3.8) is 0 Å². The summed E-state index contributed by atoms with van der Waals surface area (Å²) in [6.45, 7) is 3.39. The van der Waals surface area contributed by atoms with Gasteiger partial charge in [0, 0.05) is 17.5 Å². The molecular formula is C20H24N2O2S. The van der Waals surface area contributed by atoms with E-state index in [1.807, 2.05) is 36.6 Å². The molecule has 1 aliphatic rings. The molecule has 5 heteroatoms. The minimum Gasteiger partial charge on any atom is -0.494 e. The Labute approximate surface area is 152 Å². The summed E-state index contributed by atoms with van der Waals surface area (Å²) in [5.41, 5.74) is 1.88. The van der Waals surface area contributed by atoms with Gasteiger partial charge in [-0.2, -0.15) is 0 Å². The molecule has 3 rings (SSSR count). The van der Waals surface area contributed by atoms with E-state index < -0.39 is 0 Å². The highest BCUT2D eigenvalue weighted by atomic mass is 32.1. The highest BCUT2D eigenvalue weighted by molar-refractivity contribution is 7.13. The Bertz CT molecular complexity index is 722. The molecule has 0 fully saturated rings. The van der Waals surface area contributed by atoms with Crippen LogP contribution in [0.4, 0.5) is 0 Å². The molecule has 1 unspecified atom stereocenters. The number of rotatable bonds is 7. The van der Waals surface area contributed by atoms with Crippen LogP contribution >= 0.6 is 11.3 Å². The number of hydrogen-bond acceptors (Lipinski definition) is 4. The molecule has 1 aromatic carbocycles. The van der Waals surface area contributed by atoms with Crippen LogP contribution in [-0.4, -0.2) is 24.0 Å². The van der Waals surface area contributed by atoms with Gasteiger partial charge in [0.15, 0.2) is 0 Å². The van der Waals surface area contributed by atoms with Gasteiger partial charge in [0.05, 0.1) is 18.7 Å². The first-order valence-corrected chi connectivity index (χ1v) is 9.72. The number of ether oxygens (including phenoxy) is 1. The summed E-state index contributed by atoms with van der Waals surface area (Å²) in [7, 11) is 0. The molecule has 1 N–H and O–H groups in total. The fourth-order valence-corrected chi connectivity index (χ4v) is 3.73. The summed E-state index contributed by atoms with van der Waals surface area (Å²) in [5.74, 6) is 1.49. The van der Waals surface area contributed by atoms with Crippen molar-refractivity contribution in [1.82, 2.24) is 10.3 Å². The van der Waals surface area contributed by atoms with Gasteiger partial charge >= 0.3 is 0 Å². The van der Waals surface area contributed by atoms with Crippen LogP contribution in [0.3, 0.4) is 0 Å². The van der Waals surface area contributed by atoms with Crippen LogP contribution in [0.5, 0.6) is 5.75 Å². The van der Waals surface area contributed by atoms with E-state index in [0.29, 0.717) is 18.9 Å². The van der Waals surface area contributed by atoms with E-state index in [1.165, 1.54) is 0 Å². The van der Waals surface area contributed by atoms with E-state index in [9.17, 15) is 4.79 Å². The standard InChI is InChI=1S/C20H24N2O2S/c1-2-24-18-10-8-16(9-11-18)20-22-17(14-25-20)12-19(23)21-13-15-6-4-3-5-7-15/h3-4,8-11,14-15H,2,5-7,12-13H2,1H3,(H,21,23). The van der Waals surface area contributed by atoms with Crippen molar-refractivity contribution in [3.8, 4) is 16.3 Å². The molecule has 0 spiro atoms. The van der Waals surface area contributed by atoms with Gasteiger partial charge in [-0.1, -0.05) is 12.2 Å². The lowest BCUT2D eigenvalue weighted by molar-refractivity contribution is -0.120. The number of aromatic nitrogens is 1. The van der Waals surface area contributed by atoms with E-state index in [-0.39, 0.29) is 5.91 Å². The van der Waals surface area contributed by atoms with Crippen molar-refractivity contribution >= 4 is 17.2 Å². The molecule has 25 heavy (non-hydrogen) atoms. The third-order valence-corrected chi connectivity index (χ3v) is 5.21. The number of hydrogen-bond donors (Lipinski definition) is 1. The summed E-state index contributed by atoms with van der Waals surface area (Å²) in [4.78, 5) is 16.7. The minimum atomic E-state index is 0.0538. The van der Waals surface area contributed by atoms with Crippen LogP contribution in [0.1, 0.15) is 31.9 Å². The number of allylic oxidation sites excluding steroid dienone is 2. The van der Waals surface area contributed by atoms with Crippen molar-refractivity contribution in [3.05, 3.63) is 47.5 Å². The summed E-state index contributed by atoms with van der Waals surface area (Å²) in [6, 6.07) is 7.91. The zero-order chi connectivity index (χ0) is 17.5. The quantitative estimate of drug-likeness (QED) is 0.756. The summed E-state index contributed by atoms with van der Waals surface area (Å²) < 4.78 is 5.46. The Kier molecular flexibility index (Phi) is 6.23. The lowest BCUT2D eigenvalue weighted by Crippen LogP contribution is -2.30. The predicted octanol–water partition coefficient (Wildman–Crippen LogP) is 4.22. The summed E-state index contributed by atoms with van der Waals surface area (Å²) >= 11 is 1.57. The molecule has 2 aromatic rings. The number of amides is 1. The van der Waals surface area contributed by atoms with E-state index in [4.69, 9.17) is 4.74 Å². The molecule has 0 radical (unpaired) electrons. The molecule has 0 saturated carbocycles. The normalized spacial score (nSPS) is 16.6. The van der Waals surface area contributed by atoms with Crippen molar-refractivity contribution in [2.75, 3.05) is 13.2 Å². The van der Waals surface area contributed by atoms with Gasteiger partial charge in [0.25, 0.3) is 0 Å². The van der Waals surface area contributed by atoms with Crippen molar-refractivity contribution in [1.29, 1.82) is 0 Å². The molecule has 1 heterocycles. The number of carbonyl (C=O) groups is 1. The average molecular weight is 356 g/mol. The zero-order valence-electron chi connectivity index (χ0n) is 14.5. The number of nitrogens with one attached hydrogen (secondary N) is 1. The van der Waals surface area contributed by atoms with E-state index in [2.05, 4.69) is 22.5 Å². The molecule has 4 nitrogen and oxygen atoms in total. The fourth-order valence-electron chi connectivity index (χ4n) is 2.91. The Morgan fingerprint density at radius 1 is 1.32 bits per heavy atom. The molecule has 132 valence electrons. The molecule has 1 atom stereocenters. The number of nitrogens with zero attached hydrogens (tertiary/aromatic N) is 1. The molecule has 1 amide bonds. The van der Waals surface area contributed by atoms with Crippen LogP contribution in [0.25, 0.3) is 10.6 Å². The van der Waals surface area contributed by atoms with Gasteiger partial charge in [-0.15, -0.1) is 11.3 Å². The van der Waals surface area contributed by atoms with E-state index in [0.717, 1.165) is 47.8 Å². The second-order valence-corrected chi connectivity index (χ2v) is 7.09. The molecule has 1 aromatic heterocycles. The maximum absolute atomic E-state index is 12.1. The average Bonchev–Trinajstić information content (AvgIpc) is 3.10. The molecule has 0 aliphatic heterocycles. The van der Waals surface area contributed by atoms with Crippen LogP contribution in [0.15, 0.2) is 41.8 Å². The van der Waals surface area contributed by atoms with Gasteiger partial charge in [-0.25, -0.2) is 4.98 Å². The fraction of sp³-hybridized carbons (Fsp3) is 0.400. The van der Waals surface area contributed by atoms with Gasteiger partial charge < -0.3 is 10.1 Å². The van der Waals surface area contributed by atoms with Crippen molar-refractivity contribution in [2.45, 2.75) is 32.6 Å². The van der Waals surface area contributed by atoms with Crippen LogP contribution in [-0.2, 0) is 11.2 Å². The van der Waals surface area contributed by atoms with Gasteiger partial charge in [-0.05, 0) is 56.4 Å². The Morgan fingerprint density at radius 2 is 2.16 bits per heavy atom. The largest absolute Gasteiger partial charge is 0.494 e. The maximum Gasteiger partial charge on any atom is 0.226 e. The number of benzene rings is 1. The monoisotopic (exact) mass is 356 g/mol. The van der Waals surface area contributed by atoms with Gasteiger partial charge in [0.2, 0.25) is 5.91 Å². The van der Waals surface area contributed by atoms with Gasteiger partial charge in [-0.3, -0.25) is 4.79 Å². The molecule has 0 bridgehead atoms. The first kappa shape index (κ1) is 17.7. The Hall–Kier alpha value is -2.14. The molecule has 0 saturated heterocycles. The Morgan fingerprint density at radius 3 is 2.88 bits per heavy atom. The van der Waals surface area contributed by atoms with Crippen LogP contribution in [0.2, 0.25) is 0 Å². The SMILES string of the molecule is CCOc1ccc(-c2nc(CC(=O)NCC3CC=CCC3)cs2)cc1. The lowest BCUT2D eigenvalue weighted by Gasteiger charge is -2.17. The van der Waals surface area contributed by atoms with Gasteiger partial charge in [0.1, 0.15) is 10.8 Å². The summed E-state index contributed by atoms with van der Waals surface area (Å²) in [5, 5.41) is 5.95. The lowest BCUT2D eigenvalue weighted by atomic mass is 9.94. The Balaban J connectivity index is 1.52. The smallest absolute Gasteiger partial charge is 0.226 e. The molecule has 1 aliphatic carbocycles. The van der Waals surface area contributed by atoms with Crippen LogP contribution < -0.4 is 10.1 Å². The highest BCUT2D eigenvalue weighted by Gasteiger charge is 2.13. The third kappa shape index (κ3) is 5.16. The van der Waals surface area contributed by atoms with Crippen molar-refractivity contribution in [2.24, 2.45) is 5.92 Å². The van der Waals surface area contributed by atoms with E-state index >= 15 is 0 Å². The maximum atomic E-state index is 12.1. The second kappa shape index (κ2) is 8.81. The highest BCUT2D eigenvalue weighted by Crippen LogP contribution is 2.26. The number of carbonyl (C=O) groups excluding carboxylic acids is 1. The predicted molar refractivity (Wildman–Crippen MR) is 102 cm³/mol. The first-order chi connectivity index (χ1) is 12.2. The number of thiazole rings is 1. The third-order valence-electron chi connectivity index (χ3n) is 4.27. The van der Waals surface area contributed by atoms with E-state index in [1.54, 1.807) is 11.3 Å². The topological polar surface area (TPSA) is 51.2 Å². The molecular weight excluding hydrogens is 332 g/mol. The first-order valence-electron chi connectivity index (χ1n) is 8.84. The van der Waals surface area contributed by atoms with Crippen LogP contribution in [0, 0.1) is 5.92 Å².